The monoisotopic (exact) mass is 577 g/mol. The van der Waals surface area contributed by atoms with E-state index < -0.39 is 14.6 Å². The largest absolute Gasteiger partial charge is 0.368 e. The van der Waals surface area contributed by atoms with E-state index in [-0.39, 0.29) is 35.6 Å². The second kappa shape index (κ2) is 11.5. The van der Waals surface area contributed by atoms with E-state index in [2.05, 4.69) is 27.3 Å². The Morgan fingerprint density at radius 3 is 2.31 bits per heavy atom. The quantitative estimate of drug-likeness (QED) is 0.327. The Bertz CT molecular complexity index is 884. The third-order valence-electron chi connectivity index (χ3n) is 6.02. The lowest BCUT2D eigenvalue weighted by molar-refractivity contribution is -0.131. The molecule has 0 saturated carbocycles. The Balaban J connectivity index is 0.00000363. The van der Waals surface area contributed by atoms with Crippen molar-refractivity contribution >= 4 is 51.4 Å². The zero-order valence-corrected chi connectivity index (χ0v) is 22.4. The van der Waals surface area contributed by atoms with Crippen LogP contribution in [0.1, 0.15) is 27.2 Å². The second-order valence-electron chi connectivity index (χ2n) is 8.69. The summed E-state index contributed by atoms with van der Waals surface area (Å²) in [4.78, 5) is 23.5. The average Bonchev–Trinajstić information content (AvgIpc) is 2.76. The lowest BCUT2D eigenvalue weighted by Crippen LogP contribution is -2.57. The molecular weight excluding hydrogens is 541 g/mol. The van der Waals surface area contributed by atoms with Gasteiger partial charge in [-0.15, -0.1) is 24.0 Å². The summed E-state index contributed by atoms with van der Waals surface area (Å²) in [5.41, 5.74) is 1.20. The third kappa shape index (κ3) is 6.49. The topological polar surface area (TPSA) is 85.3 Å². The van der Waals surface area contributed by atoms with Gasteiger partial charge in [0.2, 0.25) is 5.91 Å². The van der Waals surface area contributed by atoms with E-state index >= 15 is 0 Å². The molecule has 2 saturated heterocycles. The molecule has 2 fully saturated rings. The van der Waals surface area contributed by atoms with Crippen LogP contribution in [0.3, 0.4) is 0 Å². The Labute approximate surface area is 209 Å². The molecule has 0 bridgehead atoms. The summed E-state index contributed by atoms with van der Waals surface area (Å²) in [6.07, 6.45) is 0.357. The Kier molecular flexibility index (Phi) is 9.62. The standard InChI is InChI=1S/C22H35N5O3S.HI/c1-4-23-21(27-16-17-31(29,30)22(2,3)18-27)24-11-10-20(28)26-14-12-25(13-15-26)19-8-6-5-7-9-19;/h5-9H,4,10-18H2,1-3H3,(H,23,24);1H. The number of aliphatic imine (C=N–C) groups is 1. The van der Waals surface area contributed by atoms with Crippen LogP contribution in [0.4, 0.5) is 5.69 Å². The van der Waals surface area contributed by atoms with Crippen molar-refractivity contribution in [1.29, 1.82) is 0 Å². The van der Waals surface area contributed by atoms with Gasteiger partial charge < -0.3 is 20.0 Å². The molecule has 3 rings (SSSR count). The van der Waals surface area contributed by atoms with Crippen LogP contribution in [0, 0.1) is 0 Å². The van der Waals surface area contributed by atoms with Crippen LogP contribution in [0.15, 0.2) is 35.3 Å². The lowest BCUT2D eigenvalue weighted by Gasteiger charge is -2.39. The highest BCUT2D eigenvalue weighted by Gasteiger charge is 2.41. The van der Waals surface area contributed by atoms with Crippen molar-refractivity contribution in [2.24, 2.45) is 4.99 Å². The molecule has 1 amide bonds. The van der Waals surface area contributed by atoms with E-state index in [4.69, 9.17) is 0 Å². The first-order chi connectivity index (χ1) is 14.7. The van der Waals surface area contributed by atoms with Gasteiger partial charge in [0.05, 0.1) is 17.0 Å². The van der Waals surface area contributed by atoms with Gasteiger partial charge in [-0.05, 0) is 32.9 Å². The number of benzene rings is 1. The van der Waals surface area contributed by atoms with Gasteiger partial charge in [0.1, 0.15) is 0 Å². The molecule has 32 heavy (non-hydrogen) atoms. The highest BCUT2D eigenvalue weighted by Crippen LogP contribution is 2.23. The molecule has 2 aliphatic heterocycles. The Morgan fingerprint density at radius 2 is 1.72 bits per heavy atom. The SMILES string of the molecule is CCNC(=NCCC(=O)N1CCN(c2ccccc2)CC1)N1CCS(=O)(=O)C(C)(C)C1.I. The number of carbonyl (C=O) groups is 1. The first-order valence-corrected chi connectivity index (χ1v) is 12.7. The molecule has 180 valence electrons. The summed E-state index contributed by atoms with van der Waals surface area (Å²) in [5.74, 6) is 0.927. The van der Waals surface area contributed by atoms with Gasteiger partial charge in [-0.3, -0.25) is 9.79 Å². The molecule has 2 aliphatic rings. The summed E-state index contributed by atoms with van der Waals surface area (Å²) < 4.78 is 23.8. The maximum Gasteiger partial charge on any atom is 0.224 e. The molecule has 0 aromatic heterocycles. The maximum atomic E-state index is 12.7. The van der Waals surface area contributed by atoms with E-state index in [9.17, 15) is 13.2 Å². The van der Waals surface area contributed by atoms with E-state index in [1.807, 2.05) is 34.9 Å². The highest BCUT2D eigenvalue weighted by molar-refractivity contribution is 14.0. The van der Waals surface area contributed by atoms with Gasteiger partial charge in [0.15, 0.2) is 15.8 Å². The molecule has 2 heterocycles. The van der Waals surface area contributed by atoms with Crippen molar-refractivity contribution in [2.45, 2.75) is 31.9 Å². The number of anilines is 1. The number of nitrogens with zero attached hydrogens (tertiary/aromatic N) is 4. The van der Waals surface area contributed by atoms with Crippen LogP contribution in [0.2, 0.25) is 0 Å². The summed E-state index contributed by atoms with van der Waals surface area (Å²) in [6.45, 7) is 10.5. The van der Waals surface area contributed by atoms with Crippen LogP contribution < -0.4 is 10.2 Å². The zero-order valence-electron chi connectivity index (χ0n) is 19.3. The molecule has 1 N–H and O–H groups in total. The zero-order chi connectivity index (χ0) is 22.5. The van der Waals surface area contributed by atoms with Crippen LogP contribution >= 0.6 is 24.0 Å². The fraction of sp³-hybridized carbons (Fsp3) is 0.636. The number of piperazine rings is 1. The smallest absolute Gasteiger partial charge is 0.224 e. The molecule has 0 spiro atoms. The number of para-hydroxylation sites is 1. The molecular formula is C22H36IN5O3S. The van der Waals surface area contributed by atoms with Gasteiger partial charge in [-0.2, -0.15) is 0 Å². The minimum atomic E-state index is -3.10. The van der Waals surface area contributed by atoms with Gasteiger partial charge >= 0.3 is 0 Å². The fourth-order valence-corrected chi connectivity index (χ4v) is 5.38. The number of guanidine groups is 1. The highest BCUT2D eigenvalue weighted by atomic mass is 127. The van der Waals surface area contributed by atoms with Gasteiger partial charge in [-0.25, -0.2) is 8.42 Å². The first kappa shape index (κ1) is 26.7. The fourth-order valence-electron chi connectivity index (χ4n) is 4.02. The summed E-state index contributed by atoms with van der Waals surface area (Å²) >= 11 is 0. The van der Waals surface area contributed by atoms with Gasteiger partial charge in [-0.1, -0.05) is 18.2 Å². The Morgan fingerprint density at radius 1 is 1.06 bits per heavy atom. The van der Waals surface area contributed by atoms with E-state index in [0.717, 1.165) is 26.2 Å². The van der Waals surface area contributed by atoms with Crippen molar-refractivity contribution < 1.29 is 13.2 Å². The van der Waals surface area contributed by atoms with Crippen molar-refractivity contribution in [1.82, 2.24) is 15.1 Å². The molecule has 1 aromatic rings. The Hall–Kier alpha value is -1.56. The summed E-state index contributed by atoms with van der Waals surface area (Å²) in [6, 6.07) is 10.3. The van der Waals surface area contributed by atoms with Crippen LogP contribution in [-0.2, 0) is 14.6 Å². The summed E-state index contributed by atoms with van der Waals surface area (Å²) in [5, 5.41) is 3.24. The number of hydrogen-bond acceptors (Lipinski definition) is 5. The number of rotatable bonds is 5. The van der Waals surface area contributed by atoms with E-state index in [1.54, 1.807) is 13.8 Å². The predicted octanol–water partition coefficient (Wildman–Crippen LogP) is 1.82. The van der Waals surface area contributed by atoms with E-state index in [1.165, 1.54) is 5.69 Å². The minimum Gasteiger partial charge on any atom is -0.368 e. The average molecular weight is 578 g/mol. The van der Waals surface area contributed by atoms with Crippen molar-refractivity contribution in [3.05, 3.63) is 30.3 Å². The second-order valence-corrected chi connectivity index (χ2v) is 11.4. The van der Waals surface area contributed by atoms with Gasteiger partial charge in [0, 0.05) is 57.9 Å². The van der Waals surface area contributed by atoms with Crippen molar-refractivity contribution in [3.8, 4) is 0 Å². The number of nitrogens with one attached hydrogen (secondary N) is 1. The van der Waals surface area contributed by atoms with Crippen LogP contribution in [0.25, 0.3) is 0 Å². The molecule has 0 atom stereocenters. The molecule has 1 aromatic carbocycles. The lowest BCUT2D eigenvalue weighted by atomic mass is 10.2. The number of sulfone groups is 1. The van der Waals surface area contributed by atoms with Gasteiger partial charge in [0.25, 0.3) is 0 Å². The minimum absolute atomic E-state index is 0. The molecule has 0 aliphatic carbocycles. The predicted molar refractivity (Wildman–Crippen MR) is 141 cm³/mol. The molecule has 0 radical (unpaired) electrons. The van der Waals surface area contributed by atoms with Crippen molar-refractivity contribution in [2.75, 3.05) is 63.0 Å². The number of hydrogen-bond donors (Lipinski definition) is 1. The molecule has 0 unspecified atom stereocenters. The number of amides is 1. The number of halogens is 1. The first-order valence-electron chi connectivity index (χ1n) is 11.1. The van der Waals surface area contributed by atoms with Crippen molar-refractivity contribution in [3.63, 3.8) is 0 Å². The van der Waals surface area contributed by atoms with E-state index in [0.29, 0.717) is 38.6 Å². The molecule has 10 heteroatoms. The molecule has 8 nitrogen and oxygen atoms in total. The third-order valence-corrected chi connectivity index (χ3v) is 8.55. The number of carbonyl (C=O) groups excluding carboxylic acids is 1. The maximum absolute atomic E-state index is 12.7. The van der Waals surface area contributed by atoms with Crippen LogP contribution in [0.5, 0.6) is 0 Å². The van der Waals surface area contributed by atoms with Crippen LogP contribution in [-0.4, -0.2) is 92.9 Å². The normalized spacial score (nSPS) is 20.5. The summed E-state index contributed by atoms with van der Waals surface area (Å²) in [7, 11) is -3.10.